The Kier molecular flexibility index (Phi) is 4.86. The molecule has 1 unspecified atom stereocenters. The van der Waals surface area contributed by atoms with Crippen molar-refractivity contribution < 1.29 is 14.3 Å². The summed E-state index contributed by atoms with van der Waals surface area (Å²) in [4.78, 5) is 2.67. The van der Waals surface area contributed by atoms with Crippen LogP contribution in [0.1, 0.15) is 51.2 Å². The highest BCUT2D eigenvalue weighted by molar-refractivity contribution is 9.09. The zero-order chi connectivity index (χ0) is 22.4. The van der Waals surface area contributed by atoms with Crippen molar-refractivity contribution in [3.05, 3.63) is 35.9 Å². The molecule has 1 aromatic rings. The van der Waals surface area contributed by atoms with Crippen LogP contribution in [-0.2, 0) is 11.8 Å². The molecule has 4 nitrogen and oxygen atoms in total. The lowest BCUT2D eigenvalue weighted by molar-refractivity contribution is -0.181. The van der Waals surface area contributed by atoms with Gasteiger partial charge in [-0.2, -0.15) is 0 Å². The van der Waals surface area contributed by atoms with Crippen LogP contribution in [0.3, 0.4) is 0 Å². The Morgan fingerprint density at radius 3 is 2.77 bits per heavy atom. The maximum absolute atomic E-state index is 12.4. The van der Waals surface area contributed by atoms with Crippen molar-refractivity contribution in [3.63, 3.8) is 0 Å². The fourth-order valence-electron chi connectivity index (χ4n) is 6.45. The minimum Gasteiger partial charge on any atom is -0.541 e. The van der Waals surface area contributed by atoms with Gasteiger partial charge >= 0.3 is 0 Å². The van der Waals surface area contributed by atoms with Gasteiger partial charge in [0.2, 0.25) is 0 Å². The lowest BCUT2D eigenvalue weighted by atomic mass is 9.49. The standard InChI is InChI=1S/C25H36BrNO3Si/c1-7-13-27-14-12-24-20-16-8-9-18(30-31(5,6)23(2,3)4)21(20)29-22(24)17(26)10-11-25(24,28)19(27)15-16/h7-9,17,19,22,28H,1,10-15H2,2-6H3/t17?,19-,22+,24+,25-/m1/s1. The van der Waals surface area contributed by atoms with Crippen LogP contribution >= 0.6 is 15.9 Å². The number of likely N-dealkylation sites (tertiary alicyclic amines) is 1. The van der Waals surface area contributed by atoms with Gasteiger partial charge in [0.05, 0.1) is 15.8 Å². The van der Waals surface area contributed by atoms with Gasteiger partial charge in [-0.05, 0) is 62.0 Å². The average Bonchev–Trinajstić information content (AvgIpc) is 3.03. The van der Waals surface area contributed by atoms with E-state index in [-0.39, 0.29) is 27.4 Å². The third kappa shape index (κ3) is 2.77. The highest BCUT2D eigenvalue weighted by Crippen LogP contribution is 2.66. The van der Waals surface area contributed by atoms with E-state index in [2.05, 4.69) is 73.4 Å². The van der Waals surface area contributed by atoms with Crippen LogP contribution in [0.5, 0.6) is 11.5 Å². The van der Waals surface area contributed by atoms with E-state index in [0.29, 0.717) is 0 Å². The van der Waals surface area contributed by atoms with E-state index >= 15 is 0 Å². The van der Waals surface area contributed by atoms with Gasteiger partial charge < -0.3 is 14.3 Å². The number of benzene rings is 1. The van der Waals surface area contributed by atoms with Crippen molar-refractivity contribution in [2.75, 3.05) is 13.1 Å². The Morgan fingerprint density at radius 2 is 2.10 bits per heavy atom. The summed E-state index contributed by atoms with van der Waals surface area (Å²) in [7, 11) is -2.02. The van der Waals surface area contributed by atoms with Crippen molar-refractivity contribution in [1.29, 1.82) is 0 Å². The first-order valence-corrected chi connectivity index (χ1v) is 15.5. The summed E-state index contributed by atoms with van der Waals surface area (Å²) in [6.45, 7) is 17.1. The highest BCUT2D eigenvalue weighted by atomic mass is 79.9. The van der Waals surface area contributed by atoms with Crippen molar-refractivity contribution in [2.24, 2.45) is 0 Å². The summed E-state index contributed by atoms with van der Waals surface area (Å²) in [5.74, 6) is 1.79. The molecular weight excluding hydrogens is 470 g/mol. The number of hydrogen-bond donors (Lipinski definition) is 1. The molecule has 6 heteroatoms. The van der Waals surface area contributed by atoms with Gasteiger partial charge in [-0.1, -0.05) is 48.8 Å². The first-order valence-electron chi connectivity index (χ1n) is 11.7. The minimum atomic E-state index is -2.02. The van der Waals surface area contributed by atoms with Crippen LogP contribution in [0.25, 0.3) is 0 Å². The summed E-state index contributed by atoms with van der Waals surface area (Å²) in [5, 5.41) is 12.5. The molecule has 1 saturated carbocycles. The van der Waals surface area contributed by atoms with Gasteiger partial charge in [-0.15, -0.1) is 6.58 Å². The molecule has 2 aliphatic heterocycles. The van der Waals surface area contributed by atoms with Crippen LogP contribution in [0.2, 0.25) is 18.1 Å². The molecule has 170 valence electrons. The van der Waals surface area contributed by atoms with Crippen molar-refractivity contribution in [1.82, 2.24) is 4.90 Å². The molecule has 2 fully saturated rings. The number of halogens is 1. The van der Waals surface area contributed by atoms with Crippen molar-refractivity contribution in [3.8, 4) is 11.5 Å². The van der Waals surface area contributed by atoms with Crippen LogP contribution < -0.4 is 9.16 Å². The first kappa shape index (κ1) is 22.0. The lowest BCUT2D eigenvalue weighted by Crippen LogP contribution is -2.76. The number of piperidine rings is 1. The van der Waals surface area contributed by atoms with Gasteiger partial charge in [-0.25, -0.2) is 0 Å². The Hall–Kier alpha value is -0.823. The number of rotatable bonds is 4. The van der Waals surface area contributed by atoms with E-state index in [1.807, 2.05) is 6.08 Å². The van der Waals surface area contributed by atoms with Crippen LogP contribution in [0.4, 0.5) is 0 Å². The monoisotopic (exact) mass is 505 g/mol. The molecule has 5 atom stereocenters. The van der Waals surface area contributed by atoms with Crippen LogP contribution in [0, 0.1) is 0 Å². The maximum atomic E-state index is 12.4. The molecule has 1 saturated heterocycles. The average molecular weight is 507 g/mol. The van der Waals surface area contributed by atoms with Gasteiger partial charge in [0.25, 0.3) is 8.32 Å². The Balaban J connectivity index is 1.68. The smallest absolute Gasteiger partial charge is 0.250 e. The molecule has 5 rings (SSSR count). The fraction of sp³-hybridized carbons (Fsp3) is 0.680. The van der Waals surface area contributed by atoms with Crippen molar-refractivity contribution in [2.45, 2.75) is 92.6 Å². The molecule has 1 spiro atoms. The zero-order valence-electron chi connectivity index (χ0n) is 19.5. The zero-order valence-corrected chi connectivity index (χ0v) is 22.1. The predicted molar refractivity (Wildman–Crippen MR) is 131 cm³/mol. The molecule has 0 aromatic heterocycles. The van der Waals surface area contributed by atoms with E-state index in [4.69, 9.17) is 9.16 Å². The van der Waals surface area contributed by atoms with E-state index in [1.54, 1.807) is 0 Å². The maximum Gasteiger partial charge on any atom is 0.250 e. The van der Waals surface area contributed by atoms with E-state index in [0.717, 1.165) is 50.3 Å². The van der Waals surface area contributed by atoms with E-state index in [1.165, 1.54) is 11.1 Å². The normalized spacial score (nSPS) is 36.5. The molecule has 31 heavy (non-hydrogen) atoms. The van der Waals surface area contributed by atoms with Gasteiger partial charge in [0.1, 0.15) is 11.9 Å². The van der Waals surface area contributed by atoms with Gasteiger partial charge in [0.15, 0.2) is 5.75 Å². The van der Waals surface area contributed by atoms with Gasteiger partial charge in [-0.3, -0.25) is 4.90 Å². The summed E-state index contributed by atoms with van der Waals surface area (Å²) in [6.07, 6.45) is 5.40. The largest absolute Gasteiger partial charge is 0.541 e. The summed E-state index contributed by atoms with van der Waals surface area (Å²) < 4.78 is 13.6. The second-order valence-corrected chi connectivity index (χ2v) is 17.4. The second kappa shape index (κ2) is 6.84. The Labute approximate surface area is 196 Å². The molecule has 2 heterocycles. The number of nitrogens with zero attached hydrogens (tertiary/aromatic N) is 1. The second-order valence-electron chi connectivity index (χ2n) is 11.5. The Bertz CT molecular complexity index is 928. The van der Waals surface area contributed by atoms with Crippen LogP contribution in [-0.4, -0.2) is 54.0 Å². The fourth-order valence-corrected chi connectivity index (χ4v) is 8.26. The third-order valence-electron chi connectivity index (χ3n) is 9.02. The van der Waals surface area contributed by atoms with Crippen LogP contribution in [0.15, 0.2) is 24.8 Å². The quantitative estimate of drug-likeness (QED) is 0.348. The highest BCUT2D eigenvalue weighted by Gasteiger charge is 2.72. The minimum absolute atomic E-state index is 0.0575. The third-order valence-corrected chi connectivity index (χ3v) is 14.3. The number of aliphatic hydroxyl groups is 1. The molecular formula is C25H36BrNO3Si. The number of ether oxygens (including phenoxy) is 1. The first-order chi connectivity index (χ1) is 14.5. The molecule has 1 N–H and O–H groups in total. The summed E-state index contributed by atoms with van der Waals surface area (Å²) in [5.41, 5.74) is 1.43. The number of alkyl halides is 1. The topological polar surface area (TPSA) is 41.9 Å². The summed E-state index contributed by atoms with van der Waals surface area (Å²) >= 11 is 3.94. The SMILES string of the molecule is C=CCN1CC[C@]23c4c5ccc(O[Si](C)(C)C(C)(C)C)c4O[C@H]2C(Br)CC[C@@]3(O)[C@H]1C5. The predicted octanol–water partition coefficient (Wildman–Crippen LogP) is 5.17. The lowest BCUT2D eigenvalue weighted by Gasteiger charge is -2.63. The van der Waals surface area contributed by atoms with Gasteiger partial charge in [0, 0.05) is 18.2 Å². The molecule has 2 aliphatic carbocycles. The molecule has 1 aromatic carbocycles. The Morgan fingerprint density at radius 1 is 1.35 bits per heavy atom. The molecule has 0 amide bonds. The van der Waals surface area contributed by atoms with Crippen molar-refractivity contribution >= 4 is 24.2 Å². The van der Waals surface area contributed by atoms with E-state index in [9.17, 15) is 5.11 Å². The molecule has 4 aliphatic rings. The molecule has 0 radical (unpaired) electrons. The van der Waals surface area contributed by atoms with E-state index < -0.39 is 13.9 Å². The summed E-state index contributed by atoms with van der Waals surface area (Å²) in [6, 6.07) is 4.48. The molecule has 2 bridgehead atoms. The number of hydrogen-bond acceptors (Lipinski definition) is 4.